The van der Waals surface area contributed by atoms with E-state index in [-0.39, 0.29) is 11.6 Å². The van der Waals surface area contributed by atoms with Crippen LogP contribution in [0.15, 0.2) is 30.5 Å². The van der Waals surface area contributed by atoms with Crippen LogP contribution in [0.4, 0.5) is 18.0 Å². The molecule has 1 fully saturated rings. The van der Waals surface area contributed by atoms with Crippen molar-refractivity contribution >= 4 is 6.09 Å². The number of nitriles is 1. The lowest BCUT2D eigenvalue weighted by Crippen LogP contribution is -2.41. The van der Waals surface area contributed by atoms with E-state index < -0.39 is 23.7 Å². The number of alkyl halides is 3. The predicted molar refractivity (Wildman–Crippen MR) is 107 cm³/mol. The number of ether oxygens (including phenoxy) is 1. The molecule has 1 aliphatic heterocycles. The van der Waals surface area contributed by atoms with Crippen molar-refractivity contribution in [3.8, 4) is 17.2 Å². The Bertz CT molecular complexity index is 1000. The number of likely N-dealkylation sites (tertiary alicyclic amines) is 1. The molecule has 2 aromatic rings. The van der Waals surface area contributed by atoms with E-state index in [1.807, 2.05) is 6.07 Å². The molecule has 0 N–H and O–H groups in total. The van der Waals surface area contributed by atoms with Gasteiger partial charge in [-0.2, -0.15) is 18.4 Å². The van der Waals surface area contributed by atoms with Gasteiger partial charge in [0.05, 0.1) is 17.3 Å². The fraction of sp³-hybridized carbons (Fsp3) is 0.455. The average molecular weight is 432 g/mol. The highest BCUT2D eigenvalue weighted by Crippen LogP contribution is 2.36. The van der Waals surface area contributed by atoms with Gasteiger partial charge in [-0.1, -0.05) is 12.1 Å². The van der Waals surface area contributed by atoms with Crippen molar-refractivity contribution in [1.82, 2.24) is 14.9 Å². The highest BCUT2D eigenvalue weighted by molar-refractivity contribution is 5.69. The van der Waals surface area contributed by atoms with Gasteiger partial charge < -0.3 is 9.64 Å². The third-order valence-corrected chi connectivity index (χ3v) is 4.91. The molecule has 0 unspecified atom stereocenters. The Morgan fingerprint density at radius 1 is 1.23 bits per heavy atom. The van der Waals surface area contributed by atoms with Gasteiger partial charge in [0.2, 0.25) is 5.82 Å². The monoisotopic (exact) mass is 432 g/mol. The van der Waals surface area contributed by atoms with Gasteiger partial charge in [-0.25, -0.2) is 14.8 Å². The maximum Gasteiger partial charge on any atom is 0.451 e. The second-order valence-electron chi connectivity index (χ2n) is 8.42. The Kier molecular flexibility index (Phi) is 6.20. The minimum atomic E-state index is -4.67. The van der Waals surface area contributed by atoms with E-state index in [0.29, 0.717) is 42.6 Å². The Morgan fingerprint density at radius 3 is 2.48 bits per heavy atom. The summed E-state index contributed by atoms with van der Waals surface area (Å²) < 4.78 is 45.2. The quantitative estimate of drug-likeness (QED) is 0.656. The van der Waals surface area contributed by atoms with Crippen LogP contribution in [-0.4, -0.2) is 39.7 Å². The molecule has 0 saturated carbocycles. The van der Waals surface area contributed by atoms with Crippen LogP contribution in [0, 0.1) is 11.3 Å². The molecule has 9 heteroatoms. The van der Waals surface area contributed by atoms with Crippen molar-refractivity contribution in [2.45, 2.75) is 51.3 Å². The smallest absolute Gasteiger partial charge is 0.444 e. The van der Waals surface area contributed by atoms with E-state index in [1.165, 1.54) is 6.20 Å². The SMILES string of the molecule is CC(C)(C)OC(=O)N1CCC(c2nc(C(F)(F)F)ncc2-c2cccc(C#N)c2)CC1. The van der Waals surface area contributed by atoms with Crippen LogP contribution in [0.5, 0.6) is 0 Å². The number of hydrogen-bond acceptors (Lipinski definition) is 5. The summed E-state index contributed by atoms with van der Waals surface area (Å²) in [6.07, 6.45) is -3.05. The molecule has 1 amide bonds. The molecular formula is C22H23F3N4O2. The van der Waals surface area contributed by atoms with E-state index in [0.717, 1.165) is 0 Å². The summed E-state index contributed by atoms with van der Waals surface area (Å²) >= 11 is 0. The Balaban J connectivity index is 1.90. The lowest BCUT2D eigenvalue weighted by Gasteiger charge is -2.33. The van der Waals surface area contributed by atoms with Crippen LogP contribution in [-0.2, 0) is 10.9 Å². The molecular weight excluding hydrogens is 409 g/mol. The number of amides is 1. The molecule has 0 spiro atoms. The van der Waals surface area contributed by atoms with E-state index in [2.05, 4.69) is 9.97 Å². The highest BCUT2D eigenvalue weighted by Gasteiger charge is 2.37. The Labute approximate surface area is 178 Å². The lowest BCUT2D eigenvalue weighted by molar-refractivity contribution is -0.145. The molecule has 1 aromatic heterocycles. The standard InChI is InChI=1S/C22H23F3N4O2/c1-21(2,3)31-20(30)29-9-7-15(8-10-29)18-17(13-27-19(28-18)22(23,24)25)16-6-4-5-14(11-16)12-26/h4-6,11,13,15H,7-10H2,1-3H3. The fourth-order valence-electron chi connectivity index (χ4n) is 3.48. The highest BCUT2D eigenvalue weighted by atomic mass is 19.4. The van der Waals surface area contributed by atoms with Crippen molar-refractivity contribution in [2.24, 2.45) is 0 Å². The zero-order valence-corrected chi connectivity index (χ0v) is 17.5. The fourth-order valence-corrected chi connectivity index (χ4v) is 3.48. The molecule has 31 heavy (non-hydrogen) atoms. The maximum absolute atomic E-state index is 13.3. The first-order valence-electron chi connectivity index (χ1n) is 9.90. The van der Waals surface area contributed by atoms with Crippen molar-refractivity contribution < 1.29 is 22.7 Å². The second-order valence-corrected chi connectivity index (χ2v) is 8.42. The van der Waals surface area contributed by atoms with Gasteiger partial charge >= 0.3 is 12.3 Å². The van der Waals surface area contributed by atoms with Crippen LogP contribution >= 0.6 is 0 Å². The number of nitrogens with zero attached hydrogens (tertiary/aromatic N) is 4. The van der Waals surface area contributed by atoms with E-state index in [1.54, 1.807) is 49.9 Å². The number of hydrogen-bond donors (Lipinski definition) is 0. The Hall–Kier alpha value is -3.15. The molecule has 0 radical (unpaired) electrons. The zero-order chi connectivity index (χ0) is 22.8. The topological polar surface area (TPSA) is 79.1 Å². The largest absolute Gasteiger partial charge is 0.451 e. The molecule has 1 saturated heterocycles. The van der Waals surface area contributed by atoms with E-state index in [9.17, 15) is 18.0 Å². The molecule has 6 nitrogen and oxygen atoms in total. The maximum atomic E-state index is 13.3. The van der Waals surface area contributed by atoms with Crippen molar-refractivity contribution in [3.63, 3.8) is 0 Å². The lowest BCUT2D eigenvalue weighted by atomic mass is 9.88. The molecule has 3 rings (SSSR count). The van der Waals surface area contributed by atoms with Gasteiger partial charge in [-0.3, -0.25) is 0 Å². The normalized spacial score (nSPS) is 15.5. The van der Waals surface area contributed by atoms with Gasteiger partial charge in [0.25, 0.3) is 0 Å². The van der Waals surface area contributed by atoms with E-state index in [4.69, 9.17) is 10.00 Å². The number of piperidine rings is 1. The molecule has 0 aliphatic carbocycles. The summed E-state index contributed by atoms with van der Waals surface area (Å²) in [5.74, 6) is -1.49. The molecule has 2 heterocycles. The third-order valence-electron chi connectivity index (χ3n) is 4.91. The molecule has 0 atom stereocenters. The first kappa shape index (κ1) is 22.5. The van der Waals surface area contributed by atoms with Crippen molar-refractivity contribution in [1.29, 1.82) is 5.26 Å². The minimum absolute atomic E-state index is 0.279. The van der Waals surface area contributed by atoms with Crippen molar-refractivity contribution in [2.75, 3.05) is 13.1 Å². The van der Waals surface area contributed by atoms with Gasteiger partial charge in [0.1, 0.15) is 5.60 Å². The summed E-state index contributed by atoms with van der Waals surface area (Å²) in [5, 5.41) is 9.16. The number of carbonyl (C=O) groups excluding carboxylic acids is 1. The molecule has 164 valence electrons. The number of rotatable bonds is 2. The predicted octanol–water partition coefficient (Wildman–Crippen LogP) is 5.15. The number of carbonyl (C=O) groups is 1. The molecule has 0 bridgehead atoms. The van der Waals surface area contributed by atoms with Crippen LogP contribution < -0.4 is 0 Å². The first-order chi connectivity index (χ1) is 14.5. The number of halogens is 3. The summed E-state index contributed by atoms with van der Waals surface area (Å²) in [6.45, 7) is 6.03. The first-order valence-corrected chi connectivity index (χ1v) is 9.90. The van der Waals surface area contributed by atoms with Gasteiger partial charge in [0.15, 0.2) is 0 Å². The number of benzene rings is 1. The summed E-state index contributed by atoms with van der Waals surface area (Å²) in [4.78, 5) is 21.3. The van der Waals surface area contributed by atoms with E-state index >= 15 is 0 Å². The van der Waals surface area contributed by atoms with Crippen LogP contribution in [0.2, 0.25) is 0 Å². The minimum Gasteiger partial charge on any atom is -0.444 e. The van der Waals surface area contributed by atoms with Crippen LogP contribution in [0.25, 0.3) is 11.1 Å². The molecule has 1 aromatic carbocycles. The summed E-state index contributed by atoms with van der Waals surface area (Å²) in [7, 11) is 0. The van der Waals surface area contributed by atoms with Gasteiger partial charge in [-0.15, -0.1) is 0 Å². The van der Waals surface area contributed by atoms with Crippen molar-refractivity contribution in [3.05, 3.63) is 47.5 Å². The summed E-state index contributed by atoms with van der Waals surface area (Å²) in [5.41, 5.74) is 1.09. The van der Waals surface area contributed by atoms with Crippen LogP contribution in [0.1, 0.15) is 56.6 Å². The zero-order valence-electron chi connectivity index (χ0n) is 17.5. The molecule has 1 aliphatic rings. The van der Waals surface area contributed by atoms with Gasteiger partial charge in [-0.05, 0) is 51.3 Å². The Morgan fingerprint density at radius 2 is 1.90 bits per heavy atom. The van der Waals surface area contributed by atoms with Gasteiger partial charge in [0, 0.05) is 30.8 Å². The second kappa shape index (κ2) is 8.53. The summed E-state index contributed by atoms with van der Waals surface area (Å²) in [6, 6.07) is 8.63. The average Bonchev–Trinajstić information content (AvgIpc) is 2.71. The third kappa shape index (κ3) is 5.51. The number of aromatic nitrogens is 2. The van der Waals surface area contributed by atoms with Crippen LogP contribution in [0.3, 0.4) is 0 Å².